The fraction of sp³-hybridized carbons (Fsp3) is 0.500. The minimum absolute atomic E-state index is 0.110. The zero-order valence-corrected chi connectivity index (χ0v) is 10.6. The molecule has 0 radical (unpaired) electrons. The number of para-hydroxylation sites is 1. The van der Waals surface area contributed by atoms with E-state index in [-0.39, 0.29) is 11.8 Å². The smallest absolute Gasteiger partial charge is 0.134 e. The van der Waals surface area contributed by atoms with E-state index in [0.29, 0.717) is 10.4 Å². The molecule has 4 heteroatoms. The van der Waals surface area contributed by atoms with Gasteiger partial charge in [-0.25, -0.2) is 0 Å². The van der Waals surface area contributed by atoms with Crippen LogP contribution in [-0.2, 0) is 4.74 Å². The van der Waals surface area contributed by atoms with E-state index in [0.717, 1.165) is 31.6 Å². The lowest BCUT2D eigenvalue weighted by molar-refractivity contribution is 0.0581. The van der Waals surface area contributed by atoms with E-state index in [2.05, 4.69) is 15.9 Å². The summed E-state index contributed by atoms with van der Waals surface area (Å²) in [6, 6.07) is 5.50. The van der Waals surface area contributed by atoms with Gasteiger partial charge < -0.3 is 15.6 Å². The van der Waals surface area contributed by atoms with E-state index in [9.17, 15) is 5.11 Å². The zero-order chi connectivity index (χ0) is 11.5. The van der Waals surface area contributed by atoms with Crippen LogP contribution < -0.4 is 5.73 Å². The molecule has 0 aliphatic carbocycles. The van der Waals surface area contributed by atoms with Gasteiger partial charge in [-0.1, -0.05) is 12.1 Å². The van der Waals surface area contributed by atoms with Crippen LogP contribution in [0.3, 0.4) is 0 Å². The first-order valence-corrected chi connectivity index (χ1v) is 6.30. The van der Waals surface area contributed by atoms with E-state index in [1.54, 1.807) is 0 Å². The fourth-order valence-electron chi connectivity index (χ4n) is 2.13. The number of ether oxygens (including phenoxy) is 1. The molecular weight excluding hydrogens is 270 g/mol. The van der Waals surface area contributed by atoms with Gasteiger partial charge in [0.05, 0.1) is 4.47 Å². The highest BCUT2D eigenvalue weighted by molar-refractivity contribution is 9.10. The minimum Gasteiger partial charge on any atom is -0.506 e. The standard InChI is InChI=1S/C12H16BrNO2/c13-10-3-1-2-9(12(10)15)11(14)8-4-6-16-7-5-8/h1-3,8,11,15H,4-7,14H2/t11-/m1/s1. The molecule has 0 saturated carbocycles. The van der Waals surface area contributed by atoms with E-state index in [1.807, 2.05) is 18.2 Å². The third-order valence-electron chi connectivity index (χ3n) is 3.15. The van der Waals surface area contributed by atoms with Crippen molar-refractivity contribution in [3.8, 4) is 5.75 Å². The molecule has 1 saturated heterocycles. The fourth-order valence-corrected chi connectivity index (χ4v) is 2.51. The Kier molecular flexibility index (Phi) is 3.84. The molecular formula is C12H16BrNO2. The van der Waals surface area contributed by atoms with Crippen LogP contribution in [0.4, 0.5) is 0 Å². The van der Waals surface area contributed by atoms with Crippen LogP contribution in [0.2, 0.25) is 0 Å². The van der Waals surface area contributed by atoms with Gasteiger partial charge in [-0.3, -0.25) is 0 Å². The number of hydrogen-bond acceptors (Lipinski definition) is 3. The summed E-state index contributed by atoms with van der Waals surface area (Å²) in [7, 11) is 0. The van der Waals surface area contributed by atoms with Crippen molar-refractivity contribution in [2.24, 2.45) is 11.7 Å². The number of phenols is 1. The zero-order valence-electron chi connectivity index (χ0n) is 9.03. The molecule has 88 valence electrons. The summed E-state index contributed by atoms with van der Waals surface area (Å²) in [5.41, 5.74) is 7.02. The van der Waals surface area contributed by atoms with E-state index in [1.165, 1.54) is 0 Å². The molecule has 0 unspecified atom stereocenters. The molecule has 1 aliphatic heterocycles. The molecule has 2 rings (SSSR count). The van der Waals surface area contributed by atoms with Crippen molar-refractivity contribution in [1.29, 1.82) is 0 Å². The summed E-state index contributed by atoms with van der Waals surface area (Å²) in [5.74, 6) is 0.662. The lowest BCUT2D eigenvalue weighted by atomic mass is 9.87. The van der Waals surface area contributed by atoms with Crippen molar-refractivity contribution in [2.75, 3.05) is 13.2 Å². The largest absolute Gasteiger partial charge is 0.506 e. The van der Waals surface area contributed by atoms with Gasteiger partial charge in [0.2, 0.25) is 0 Å². The van der Waals surface area contributed by atoms with Crippen molar-refractivity contribution in [2.45, 2.75) is 18.9 Å². The summed E-state index contributed by atoms with van der Waals surface area (Å²) >= 11 is 3.31. The lowest BCUT2D eigenvalue weighted by Crippen LogP contribution is -2.27. The van der Waals surface area contributed by atoms with Crippen molar-refractivity contribution < 1.29 is 9.84 Å². The number of halogens is 1. The number of nitrogens with two attached hydrogens (primary N) is 1. The van der Waals surface area contributed by atoms with Crippen LogP contribution in [0.5, 0.6) is 5.75 Å². The SMILES string of the molecule is N[C@@H](c1cccc(Br)c1O)C1CCOCC1. The number of phenolic OH excluding ortho intramolecular Hbond substituents is 1. The van der Waals surface area contributed by atoms with Crippen LogP contribution >= 0.6 is 15.9 Å². The monoisotopic (exact) mass is 285 g/mol. The second-order valence-corrected chi connectivity index (χ2v) is 5.01. The number of benzene rings is 1. The first-order valence-electron chi connectivity index (χ1n) is 5.51. The molecule has 16 heavy (non-hydrogen) atoms. The Morgan fingerprint density at radius 1 is 1.38 bits per heavy atom. The van der Waals surface area contributed by atoms with Crippen LogP contribution in [0.25, 0.3) is 0 Å². The second-order valence-electron chi connectivity index (χ2n) is 4.15. The summed E-state index contributed by atoms with van der Waals surface area (Å²) in [5, 5.41) is 9.94. The van der Waals surface area contributed by atoms with Gasteiger partial charge in [0.15, 0.2) is 0 Å². The molecule has 1 heterocycles. The first kappa shape index (κ1) is 11.9. The molecule has 3 nitrogen and oxygen atoms in total. The maximum Gasteiger partial charge on any atom is 0.134 e. The highest BCUT2D eigenvalue weighted by atomic mass is 79.9. The van der Waals surface area contributed by atoms with Gasteiger partial charge >= 0.3 is 0 Å². The number of hydrogen-bond donors (Lipinski definition) is 2. The molecule has 1 fully saturated rings. The van der Waals surface area contributed by atoms with Gasteiger partial charge in [-0.05, 0) is 40.8 Å². The summed E-state index contributed by atoms with van der Waals surface area (Å²) in [6.45, 7) is 1.54. The molecule has 0 bridgehead atoms. The predicted molar refractivity (Wildman–Crippen MR) is 66.3 cm³/mol. The summed E-state index contributed by atoms with van der Waals surface area (Å²) < 4.78 is 6.01. The maximum atomic E-state index is 9.94. The molecule has 1 aromatic rings. The third kappa shape index (κ3) is 2.39. The molecule has 0 aromatic heterocycles. The van der Waals surface area contributed by atoms with Crippen molar-refractivity contribution in [3.05, 3.63) is 28.2 Å². The first-order chi connectivity index (χ1) is 7.70. The van der Waals surface area contributed by atoms with Crippen LogP contribution in [-0.4, -0.2) is 18.3 Å². The lowest BCUT2D eigenvalue weighted by Gasteiger charge is -2.28. The highest BCUT2D eigenvalue weighted by Crippen LogP contribution is 2.36. The minimum atomic E-state index is -0.110. The molecule has 1 atom stereocenters. The Balaban J connectivity index is 2.19. The van der Waals surface area contributed by atoms with Gasteiger partial charge in [0.25, 0.3) is 0 Å². The molecule has 3 N–H and O–H groups in total. The van der Waals surface area contributed by atoms with Crippen molar-refractivity contribution in [3.63, 3.8) is 0 Å². The van der Waals surface area contributed by atoms with Gasteiger partial charge in [0.1, 0.15) is 5.75 Å². The Bertz CT molecular complexity index is 364. The predicted octanol–water partition coefficient (Wildman–Crippen LogP) is 2.58. The molecule has 0 amide bonds. The highest BCUT2D eigenvalue weighted by Gasteiger charge is 2.24. The summed E-state index contributed by atoms with van der Waals surface area (Å²) in [4.78, 5) is 0. The number of aromatic hydroxyl groups is 1. The molecule has 0 spiro atoms. The van der Waals surface area contributed by atoms with E-state index in [4.69, 9.17) is 10.5 Å². The number of rotatable bonds is 2. The quantitative estimate of drug-likeness (QED) is 0.878. The second kappa shape index (κ2) is 5.17. The average molecular weight is 286 g/mol. The maximum absolute atomic E-state index is 9.94. The Hall–Kier alpha value is -0.580. The van der Waals surface area contributed by atoms with Crippen molar-refractivity contribution >= 4 is 15.9 Å². The third-order valence-corrected chi connectivity index (χ3v) is 3.79. The Morgan fingerprint density at radius 2 is 2.06 bits per heavy atom. The van der Waals surface area contributed by atoms with Crippen LogP contribution in [0.1, 0.15) is 24.4 Å². The molecule has 1 aliphatic rings. The summed E-state index contributed by atoms with van der Waals surface area (Å²) in [6.07, 6.45) is 1.93. The normalized spacial score (nSPS) is 19.6. The molecule has 1 aromatic carbocycles. The Morgan fingerprint density at radius 3 is 2.75 bits per heavy atom. The van der Waals surface area contributed by atoms with Crippen LogP contribution in [0, 0.1) is 5.92 Å². The van der Waals surface area contributed by atoms with Gasteiger partial charge in [-0.15, -0.1) is 0 Å². The van der Waals surface area contributed by atoms with Crippen molar-refractivity contribution in [1.82, 2.24) is 0 Å². The topological polar surface area (TPSA) is 55.5 Å². The average Bonchev–Trinajstić information content (AvgIpc) is 2.33. The van der Waals surface area contributed by atoms with Crippen LogP contribution in [0.15, 0.2) is 22.7 Å². The van der Waals surface area contributed by atoms with E-state index < -0.39 is 0 Å². The Labute approximate surface area is 104 Å². The van der Waals surface area contributed by atoms with E-state index >= 15 is 0 Å². The van der Waals surface area contributed by atoms with Gasteiger partial charge in [-0.2, -0.15) is 0 Å². The van der Waals surface area contributed by atoms with Gasteiger partial charge in [0, 0.05) is 24.8 Å².